The lowest BCUT2D eigenvalue weighted by molar-refractivity contribution is -0.164. The Bertz CT molecular complexity index is 853. The second-order valence-electron chi connectivity index (χ2n) is 7.78. The third kappa shape index (κ3) is 4.83. The number of hydrogen-bond acceptors (Lipinski definition) is 4. The molecule has 0 bridgehead atoms. The number of benzene rings is 2. The van der Waals surface area contributed by atoms with Crippen LogP contribution >= 0.6 is 0 Å². The number of carboxylic acid groups (broad SMARTS) is 2. The summed E-state index contributed by atoms with van der Waals surface area (Å²) in [5.74, 6) is -1.99. The first-order valence-corrected chi connectivity index (χ1v) is 9.91. The Morgan fingerprint density at radius 1 is 1.03 bits per heavy atom. The molecule has 6 heteroatoms. The number of nitrogens with zero attached hydrogens (tertiary/aromatic N) is 1. The summed E-state index contributed by atoms with van der Waals surface area (Å²) in [6.45, 7) is 1.08. The van der Waals surface area contributed by atoms with E-state index in [1.165, 1.54) is 0 Å². The third-order valence-corrected chi connectivity index (χ3v) is 5.86. The van der Waals surface area contributed by atoms with Crippen molar-refractivity contribution in [3.8, 4) is 0 Å². The normalized spacial score (nSPS) is 22.3. The van der Waals surface area contributed by atoms with Crippen molar-refractivity contribution in [2.45, 2.75) is 38.3 Å². The van der Waals surface area contributed by atoms with Crippen LogP contribution in [-0.2, 0) is 17.8 Å². The molecule has 29 heavy (non-hydrogen) atoms. The summed E-state index contributed by atoms with van der Waals surface area (Å²) >= 11 is 0. The molecule has 0 saturated carbocycles. The molecule has 1 heterocycles. The van der Waals surface area contributed by atoms with Crippen LogP contribution in [0.4, 0.5) is 0 Å². The van der Waals surface area contributed by atoms with Crippen molar-refractivity contribution < 1.29 is 24.9 Å². The lowest BCUT2D eigenvalue weighted by Crippen LogP contribution is -2.55. The van der Waals surface area contributed by atoms with E-state index in [-0.39, 0.29) is 12.1 Å². The van der Waals surface area contributed by atoms with E-state index in [4.69, 9.17) is 0 Å². The molecular formula is C23H27NO5. The molecule has 1 aliphatic rings. The van der Waals surface area contributed by atoms with Gasteiger partial charge < -0.3 is 15.3 Å². The Balaban J connectivity index is 1.73. The molecule has 2 aromatic rings. The van der Waals surface area contributed by atoms with Crippen LogP contribution in [-0.4, -0.2) is 51.4 Å². The zero-order valence-electron chi connectivity index (χ0n) is 16.3. The van der Waals surface area contributed by atoms with Gasteiger partial charge in [-0.15, -0.1) is 0 Å². The van der Waals surface area contributed by atoms with Crippen molar-refractivity contribution in [2.24, 2.45) is 5.41 Å². The highest BCUT2D eigenvalue weighted by molar-refractivity contribution is 5.89. The van der Waals surface area contributed by atoms with Crippen molar-refractivity contribution in [1.29, 1.82) is 0 Å². The minimum absolute atomic E-state index is 0.201. The number of aryl methyl sites for hydroxylation is 1. The monoisotopic (exact) mass is 397 g/mol. The van der Waals surface area contributed by atoms with E-state index in [0.717, 1.165) is 12.0 Å². The average molecular weight is 397 g/mol. The lowest BCUT2D eigenvalue weighted by atomic mass is 9.73. The van der Waals surface area contributed by atoms with Crippen LogP contribution < -0.4 is 0 Å². The standard InChI is InChI=1S/C23H27NO5/c25-20-12-14-24(15-18-10-4-5-11-19(18)21(26)27)16-23(20,22(28)29)13-6-9-17-7-2-1-3-8-17/h1-5,7-8,10-11,20,25H,6,9,12-16H2,(H,26,27)(H,28,29)/t20-,23+/m0/s1. The number of likely N-dealkylation sites (tertiary alicyclic amines) is 1. The van der Waals surface area contributed by atoms with Crippen LogP contribution in [0.2, 0.25) is 0 Å². The highest BCUT2D eigenvalue weighted by Gasteiger charge is 2.48. The number of carbonyl (C=O) groups is 2. The zero-order chi connectivity index (χ0) is 20.9. The molecule has 2 aromatic carbocycles. The van der Waals surface area contributed by atoms with Crippen LogP contribution in [0.5, 0.6) is 0 Å². The van der Waals surface area contributed by atoms with E-state index in [0.29, 0.717) is 37.9 Å². The first-order valence-electron chi connectivity index (χ1n) is 9.91. The number of rotatable bonds is 8. The van der Waals surface area contributed by atoms with Gasteiger partial charge in [0.1, 0.15) is 5.41 Å². The Morgan fingerprint density at radius 3 is 2.41 bits per heavy atom. The van der Waals surface area contributed by atoms with E-state index in [1.54, 1.807) is 24.3 Å². The second kappa shape index (κ2) is 9.20. The lowest BCUT2D eigenvalue weighted by Gasteiger charge is -2.43. The molecular weight excluding hydrogens is 370 g/mol. The van der Waals surface area contributed by atoms with Gasteiger partial charge in [0.05, 0.1) is 11.7 Å². The van der Waals surface area contributed by atoms with Gasteiger partial charge in [0, 0.05) is 19.6 Å². The summed E-state index contributed by atoms with van der Waals surface area (Å²) in [4.78, 5) is 25.6. The molecule has 0 spiro atoms. The van der Waals surface area contributed by atoms with Gasteiger partial charge in [-0.3, -0.25) is 9.69 Å². The zero-order valence-corrected chi connectivity index (χ0v) is 16.3. The number of aliphatic hydroxyl groups is 1. The largest absolute Gasteiger partial charge is 0.481 e. The van der Waals surface area contributed by atoms with Gasteiger partial charge in [-0.25, -0.2) is 4.79 Å². The highest BCUT2D eigenvalue weighted by Crippen LogP contribution is 2.36. The first kappa shape index (κ1) is 21.0. The molecule has 2 atom stereocenters. The Labute approximate surface area is 170 Å². The predicted octanol–water partition coefficient (Wildman–Crippen LogP) is 3.05. The third-order valence-electron chi connectivity index (χ3n) is 5.86. The molecule has 3 N–H and O–H groups in total. The van der Waals surface area contributed by atoms with Gasteiger partial charge in [0.15, 0.2) is 0 Å². The molecule has 154 valence electrons. The smallest absolute Gasteiger partial charge is 0.336 e. The minimum atomic E-state index is -1.24. The number of aromatic carboxylic acids is 1. The average Bonchev–Trinajstić information content (AvgIpc) is 2.71. The molecule has 3 rings (SSSR count). The maximum Gasteiger partial charge on any atom is 0.336 e. The Morgan fingerprint density at radius 2 is 1.72 bits per heavy atom. The maximum atomic E-state index is 12.2. The number of aliphatic hydroxyl groups excluding tert-OH is 1. The molecule has 1 saturated heterocycles. The summed E-state index contributed by atoms with van der Waals surface area (Å²) in [5.41, 5.74) is 0.778. The van der Waals surface area contributed by atoms with Gasteiger partial charge in [-0.05, 0) is 42.9 Å². The van der Waals surface area contributed by atoms with Crippen molar-refractivity contribution >= 4 is 11.9 Å². The van der Waals surface area contributed by atoms with Gasteiger partial charge in [-0.1, -0.05) is 48.5 Å². The van der Waals surface area contributed by atoms with E-state index >= 15 is 0 Å². The van der Waals surface area contributed by atoms with Crippen molar-refractivity contribution in [3.05, 3.63) is 71.3 Å². The first-order chi connectivity index (χ1) is 13.9. The summed E-state index contributed by atoms with van der Waals surface area (Å²) in [5, 5.41) is 30.0. The number of aliphatic carboxylic acids is 1. The summed E-state index contributed by atoms with van der Waals surface area (Å²) in [6, 6.07) is 16.7. The van der Waals surface area contributed by atoms with Crippen molar-refractivity contribution in [2.75, 3.05) is 13.1 Å². The van der Waals surface area contributed by atoms with E-state index in [2.05, 4.69) is 0 Å². The minimum Gasteiger partial charge on any atom is -0.481 e. The summed E-state index contributed by atoms with van der Waals surface area (Å²) < 4.78 is 0. The molecule has 6 nitrogen and oxygen atoms in total. The molecule has 0 unspecified atom stereocenters. The van der Waals surface area contributed by atoms with Crippen LogP contribution in [0.3, 0.4) is 0 Å². The molecule has 0 aliphatic carbocycles. The highest BCUT2D eigenvalue weighted by atomic mass is 16.4. The van der Waals surface area contributed by atoms with Crippen LogP contribution in [0.15, 0.2) is 54.6 Å². The summed E-state index contributed by atoms with van der Waals surface area (Å²) in [6.07, 6.45) is 1.22. The molecule has 0 radical (unpaired) electrons. The quantitative estimate of drug-likeness (QED) is 0.633. The van der Waals surface area contributed by atoms with Crippen LogP contribution in [0, 0.1) is 5.41 Å². The summed E-state index contributed by atoms with van der Waals surface area (Å²) in [7, 11) is 0. The Kier molecular flexibility index (Phi) is 6.67. The number of piperidine rings is 1. The molecule has 1 aliphatic heterocycles. The fourth-order valence-electron chi connectivity index (χ4n) is 4.22. The number of carboxylic acids is 2. The van der Waals surface area contributed by atoms with Crippen molar-refractivity contribution in [3.63, 3.8) is 0 Å². The van der Waals surface area contributed by atoms with Gasteiger partial charge in [0.25, 0.3) is 0 Å². The maximum absolute atomic E-state index is 12.2. The van der Waals surface area contributed by atoms with Crippen LogP contribution in [0.1, 0.15) is 40.7 Å². The Hall–Kier alpha value is -2.70. The predicted molar refractivity (Wildman–Crippen MR) is 109 cm³/mol. The van der Waals surface area contributed by atoms with Crippen molar-refractivity contribution in [1.82, 2.24) is 4.90 Å². The van der Waals surface area contributed by atoms with E-state index in [1.807, 2.05) is 35.2 Å². The van der Waals surface area contributed by atoms with E-state index in [9.17, 15) is 24.9 Å². The fourth-order valence-corrected chi connectivity index (χ4v) is 4.22. The molecule has 0 amide bonds. The number of hydrogen-bond donors (Lipinski definition) is 3. The topological polar surface area (TPSA) is 98.1 Å². The SMILES string of the molecule is O=C(O)c1ccccc1CN1CC[C@H](O)[C@](CCCc2ccccc2)(C(=O)O)C1. The molecule has 1 fully saturated rings. The van der Waals surface area contributed by atoms with E-state index < -0.39 is 23.5 Å². The fraction of sp³-hybridized carbons (Fsp3) is 0.391. The van der Waals surface area contributed by atoms with Gasteiger partial charge >= 0.3 is 11.9 Å². The second-order valence-corrected chi connectivity index (χ2v) is 7.78. The van der Waals surface area contributed by atoms with Gasteiger partial charge in [-0.2, -0.15) is 0 Å². The van der Waals surface area contributed by atoms with Crippen LogP contribution in [0.25, 0.3) is 0 Å². The van der Waals surface area contributed by atoms with Gasteiger partial charge in [0.2, 0.25) is 0 Å². The molecule has 0 aromatic heterocycles.